The molecule has 1 aliphatic carbocycles. The number of amides is 1. The first-order chi connectivity index (χ1) is 14.5. The van der Waals surface area contributed by atoms with Crippen LogP contribution < -0.4 is 10.1 Å². The molecule has 1 aliphatic rings. The van der Waals surface area contributed by atoms with Crippen molar-refractivity contribution in [3.8, 4) is 10.9 Å². The van der Waals surface area contributed by atoms with Gasteiger partial charge < -0.3 is 15.0 Å². The van der Waals surface area contributed by atoms with Crippen LogP contribution in [0.1, 0.15) is 38.2 Å². The van der Waals surface area contributed by atoms with Crippen molar-refractivity contribution in [3.05, 3.63) is 54.1 Å². The second-order valence-corrected chi connectivity index (χ2v) is 9.17. The van der Waals surface area contributed by atoms with E-state index in [2.05, 4.69) is 40.4 Å². The minimum atomic E-state index is 0.0503. The summed E-state index contributed by atoms with van der Waals surface area (Å²) in [7, 11) is 2.22. The first-order valence-corrected chi connectivity index (χ1v) is 11.4. The molecule has 0 unspecified atom stereocenters. The van der Waals surface area contributed by atoms with E-state index in [1.165, 1.54) is 24.8 Å². The number of thiazole rings is 1. The quantitative estimate of drug-likeness (QED) is 0.466. The molecule has 0 bridgehead atoms. The summed E-state index contributed by atoms with van der Waals surface area (Å²) in [5, 5.41) is 3.56. The second-order valence-electron chi connectivity index (χ2n) is 8.18. The molecule has 3 aromatic rings. The minimum Gasteiger partial charge on any atom is -0.431 e. The number of hydrogen-bond donors (Lipinski definition) is 1. The predicted molar refractivity (Wildman–Crippen MR) is 122 cm³/mol. The van der Waals surface area contributed by atoms with Gasteiger partial charge in [-0.1, -0.05) is 35.6 Å². The standard InChI is InChI=1S/C24H29N3O2S/c1-18(28)25-16-5-17-27(2)24(14-15-24)13-12-19-8-10-20(11-9-19)29-23-26-21-6-3-4-7-22(21)30-23/h3-4,6-11H,5,12-17H2,1-2H3,(H,25,28). The Labute approximate surface area is 182 Å². The zero-order valence-corrected chi connectivity index (χ0v) is 18.5. The first-order valence-electron chi connectivity index (χ1n) is 10.6. The average molecular weight is 424 g/mol. The Morgan fingerprint density at radius 1 is 1.20 bits per heavy atom. The van der Waals surface area contributed by atoms with E-state index < -0.39 is 0 Å². The van der Waals surface area contributed by atoms with Gasteiger partial charge >= 0.3 is 0 Å². The number of carbonyl (C=O) groups is 1. The zero-order chi connectivity index (χ0) is 21.0. The Hall–Kier alpha value is -2.44. The minimum absolute atomic E-state index is 0.0503. The van der Waals surface area contributed by atoms with Crippen LogP contribution in [0.2, 0.25) is 0 Å². The van der Waals surface area contributed by atoms with Gasteiger partial charge in [-0.15, -0.1) is 0 Å². The third kappa shape index (κ3) is 5.18. The summed E-state index contributed by atoms with van der Waals surface area (Å²) in [5.41, 5.74) is 2.65. The summed E-state index contributed by atoms with van der Waals surface area (Å²) >= 11 is 1.57. The van der Waals surface area contributed by atoms with Crippen LogP contribution in [-0.4, -0.2) is 41.5 Å². The molecular formula is C24H29N3O2S. The van der Waals surface area contributed by atoms with E-state index in [1.54, 1.807) is 18.3 Å². The lowest BCUT2D eigenvalue weighted by Crippen LogP contribution is -2.36. The predicted octanol–water partition coefficient (Wildman–Crippen LogP) is 5.01. The van der Waals surface area contributed by atoms with Crippen molar-refractivity contribution in [2.24, 2.45) is 0 Å². The van der Waals surface area contributed by atoms with Gasteiger partial charge in [-0.05, 0) is 69.0 Å². The second kappa shape index (κ2) is 9.14. The number of nitrogens with zero attached hydrogens (tertiary/aromatic N) is 2. The highest BCUT2D eigenvalue weighted by atomic mass is 32.1. The number of carbonyl (C=O) groups excluding carboxylic acids is 1. The van der Waals surface area contributed by atoms with Crippen LogP contribution in [0, 0.1) is 0 Å². The van der Waals surface area contributed by atoms with E-state index in [9.17, 15) is 4.79 Å². The highest BCUT2D eigenvalue weighted by Gasteiger charge is 2.45. The summed E-state index contributed by atoms with van der Waals surface area (Å²) in [6, 6.07) is 16.5. The van der Waals surface area contributed by atoms with Gasteiger partial charge in [0.2, 0.25) is 5.91 Å². The van der Waals surface area contributed by atoms with Crippen molar-refractivity contribution in [1.29, 1.82) is 0 Å². The molecule has 1 heterocycles. The van der Waals surface area contributed by atoms with Crippen LogP contribution in [0.4, 0.5) is 0 Å². The monoisotopic (exact) mass is 423 g/mol. The molecule has 5 nitrogen and oxygen atoms in total. The fourth-order valence-corrected chi connectivity index (χ4v) is 4.72. The molecule has 0 radical (unpaired) electrons. The summed E-state index contributed by atoms with van der Waals surface area (Å²) in [6.45, 7) is 3.35. The highest BCUT2D eigenvalue weighted by molar-refractivity contribution is 7.20. The van der Waals surface area contributed by atoms with E-state index in [1.807, 2.05) is 30.3 Å². The van der Waals surface area contributed by atoms with Gasteiger partial charge in [-0.3, -0.25) is 4.79 Å². The van der Waals surface area contributed by atoms with Crippen LogP contribution in [0.15, 0.2) is 48.5 Å². The largest absolute Gasteiger partial charge is 0.431 e. The number of ether oxygens (including phenoxy) is 1. The van der Waals surface area contributed by atoms with Gasteiger partial charge in [0.15, 0.2) is 0 Å². The number of nitrogens with one attached hydrogen (secondary N) is 1. The van der Waals surface area contributed by atoms with Crippen molar-refractivity contribution >= 4 is 27.5 Å². The highest BCUT2D eigenvalue weighted by Crippen LogP contribution is 2.44. The summed E-state index contributed by atoms with van der Waals surface area (Å²) in [5.74, 6) is 0.878. The Kier molecular flexibility index (Phi) is 6.35. The van der Waals surface area contributed by atoms with Crippen LogP contribution in [-0.2, 0) is 11.2 Å². The van der Waals surface area contributed by atoms with Gasteiger partial charge in [-0.2, -0.15) is 0 Å². The molecular weight excluding hydrogens is 394 g/mol. The Morgan fingerprint density at radius 3 is 2.67 bits per heavy atom. The van der Waals surface area contributed by atoms with Crippen molar-refractivity contribution in [2.45, 2.75) is 44.6 Å². The SMILES string of the molecule is CC(=O)NCCCN(C)C1(CCc2ccc(Oc3nc4ccccc4s3)cc2)CC1. The van der Waals surface area contributed by atoms with Crippen LogP contribution in [0.25, 0.3) is 10.2 Å². The topological polar surface area (TPSA) is 54.5 Å². The van der Waals surface area contributed by atoms with Gasteiger partial charge in [0.05, 0.1) is 10.2 Å². The lowest BCUT2D eigenvalue weighted by Gasteiger charge is -2.28. The van der Waals surface area contributed by atoms with E-state index in [-0.39, 0.29) is 5.91 Å². The summed E-state index contributed by atoms with van der Waals surface area (Å²) < 4.78 is 7.09. The molecule has 0 spiro atoms. The van der Waals surface area contributed by atoms with Crippen LogP contribution >= 0.6 is 11.3 Å². The van der Waals surface area contributed by atoms with E-state index in [4.69, 9.17) is 4.74 Å². The Bertz CT molecular complexity index is 962. The molecule has 6 heteroatoms. The number of rotatable bonds is 10. The van der Waals surface area contributed by atoms with E-state index in [0.717, 1.165) is 41.9 Å². The number of hydrogen-bond acceptors (Lipinski definition) is 5. The molecule has 0 saturated heterocycles. The maximum absolute atomic E-state index is 11.0. The van der Waals surface area contributed by atoms with E-state index >= 15 is 0 Å². The normalized spacial score (nSPS) is 14.8. The lowest BCUT2D eigenvalue weighted by molar-refractivity contribution is -0.118. The molecule has 158 valence electrons. The van der Waals surface area contributed by atoms with Crippen molar-refractivity contribution in [3.63, 3.8) is 0 Å². The maximum Gasteiger partial charge on any atom is 0.279 e. The van der Waals surface area contributed by atoms with E-state index in [0.29, 0.717) is 10.7 Å². The molecule has 2 aromatic carbocycles. The van der Waals surface area contributed by atoms with Crippen molar-refractivity contribution < 1.29 is 9.53 Å². The molecule has 30 heavy (non-hydrogen) atoms. The third-order valence-corrected chi connectivity index (χ3v) is 6.88. The molecule has 0 atom stereocenters. The number of aromatic nitrogens is 1. The maximum atomic E-state index is 11.0. The number of aryl methyl sites for hydroxylation is 1. The van der Waals surface area contributed by atoms with Gasteiger partial charge in [0.25, 0.3) is 5.19 Å². The lowest BCUT2D eigenvalue weighted by atomic mass is 10.0. The smallest absolute Gasteiger partial charge is 0.279 e. The van der Waals surface area contributed by atoms with Crippen LogP contribution in [0.3, 0.4) is 0 Å². The van der Waals surface area contributed by atoms with Gasteiger partial charge in [0, 0.05) is 25.6 Å². The van der Waals surface area contributed by atoms with Gasteiger partial charge in [0.1, 0.15) is 5.75 Å². The summed E-state index contributed by atoms with van der Waals surface area (Å²) in [4.78, 5) is 18.0. The van der Waals surface area contributed by atoms with Crippen LogP contribution in [0.5, 0.6) is 10.9 Å². The first kappa shape index (κ1) is 20.8. The molecule has 0 aliphatic heterocycles. The Balaban J connectivity index is 1.26. The Morgan fingerprint density at radius 2 is 1.97 bits per heavy atom. The molecule has 1 amide bonds. The zero-order valence-electron chi connectivity index (χ0n) is 17.7. The molecule has 1 N–H and O–H groups in total. The molecule has 1 aromatic heterocycles. The fraction of sp³-hybridized carbons (Fsp3) is 0.417. The summed E-state index contributed by atoms with van der Waals surface area (Å²) in [6.07, 6.45) is 5.76. The van der Waals surface area contributed by atoms with Crippen molar-refractivity contribution in [1.82, 2.24) is 15.2 Å². The number of benzene rings is 2. The molecule has 1 saturated carbocycles. The van der Waals surface area contributed by atoms with Gasteiger partial charge in [-0.25, -0.2) is 4.98 Å². The number of para-hydroxylation sites is 1. The fourth-order valence-electron chi connectivity index (χ4n) is 3.88. The molecule has 1 fully saturated rings. The number of fused-ring (bicyclic) bond motifs is 1. The molecule has 4 rings (SSSR count). The van der Waals surface area contributed by atoms with Crippen molar-refractivity contribution in [2.75, 3.05) is 20.1 Å². The third-order valence-electron chi connectivity index (χ3n) is 5.96. The average Bonchev–Trinajstić information content (AvgIpc) is 3.43.